The summed E-state index contributed by atoms with van der Waals surface area (Å²) in [5.41, 5.74) is 2.55. The molecule has 0 amide bonds. The number of ether oxygens (including phenoxy) is 3. The van der Waals surface area contributed by atoms with Crippen molar-refractivity contribution >= 4 is 35.8 Å². The first-order valence-corrected chi connectivity index (χ1v) is 12.4. The molecule has 2 aliphatic rings. The fraction of sp³-hybridized carbons (Fsp3) is 0.538. The van der Waals surface area contributed by atoms with E-state index >= 15 is 0 Å². The summed E-state index contributed by atoms with van der Waals surface area (Å²) in [7, 11) is 0. The molecule has 1 aliphatic carbocycles. The first kappa shape index (κ1) is 24.9. The topological polar surface area (TPSA) is 93.5 Å². The van der Waals surface area contributed by atoms with Gasteiger partial charge in [0.1, 0.15) is 17.3 Å². The lowest BCUT2D eigenvalue weighted by atomic mass is 9.93. The van der Waals surface area contributed by atoms with Gasteiger partial charge in [-0.15, -0.1) is 0 Å². The van der Waals surface area contributed by atoms with Crippen molar-refractivity contribution < 1.29 is 14.2 Å². The zero-order chi connectivity index (χ0) is 24.6. The molecule has 1 aromatic heterocycles. The van der Waals surface area contributed by atoms with Gasteiger partial charge in [-0.1, -0.05) is 0 Å². The van der Waals surface area contributed by atoms with Crippen molar-refractivity contribution in [1.82, 2.24) is 9.97 Å². The van der Waals surface area contributed by atoms with Crippen molar-refractivity contribution in [2.45, 2.75) is 64.7 Å². The van der Waals surface area contributed by atoms with Gasteiger partial charge < -0.3 is 24.4 Å². The average molecular weight is 481 g/mol. The third-order valence-electron chi connectivity index (χ3n) is 6.13. The summed E-state index contributed by atoms with van der Waals surface area (Å²) in [5, 5.41) is 3.50. The summed E-state index contributed by atoms with van der Waals surface area (Å²) in [6.45, 7) is 12.8. The van der Waals surface area contributed by atoms with E-state index < -0.39 is 0 Å². The molecule has 2 heterocycles. The lowest BCUT2D eigenvalue weighted by Gasteiger charge is -2.32. The van der Waals surface area contributed by atoms with Crippen LogP contribution in [-0.2, 0) is 4.74 Å². The molecule has 0 spiro atoms. The molecule has 1 saturated carbocycles. The van der Waals surface area contributed by atoms with E-state index in [-0.39, 0.29) is 12.2 Å². The van der Waals surface area contributed by atoms with Crippen molar-refractivity contribution in [3.8, 4) is 11.6 Å². The van der Waals surface area contributed by atoms with Crippen LogP contribution in [-0.4, -0.2) is 67.5 Å². The van der Waals surface area contributed by atoms with Crippen LogP contribution in [0.4, 0.5) is 22.9 Å². The summed E-state index contributed by atoms with van der Waals surface area (Å²) in [6, 6.07) is 4.45. The molecule has 2 aromatic rings. The number of nitrogens with one attached hydrogen (secondary N) is 1. The van der Waals surface area contributed by atoms with Crippen molar-refractivity contribution in [3.63, 3.8) is 0 Å². The zero-order valence-corrected chi connectivity index (χ0v) is 20.9. The second-order valence-corrected chi connectivity index (χ2v) is 9.10. The largest absolute Gasteiger partial charge is 0.488 e. The minimum Gasteiger partial charge on any atom is -0.488 e. The predicted octanol–water partition coefficient (Wildman–Crippen LogP) is 4.96. The van der Waals surface area contributed by atoms with Crippen LogP contribution in [0.15, 0.2) is 34.5 Å². The van der Waals surface area contributed by atoms with E-state index in [1.54, 1.807) is 18.6 Å². The number of benzene rings is 1. The number of anilines is 2. The minimum absolute atomic E-state index is 0.0624. The first-order valence-electron chi connectivity index (χ1n) is 12.4. The number of hydrogen-bond acceptors (Lipinski definition) is 9. The molecule has 2 fully saturated rings. The Morgan fingerprint density at radius 3 is 2.63 bits per heavy atom. The van der Waals surface area contributed by atoms with Crippen LogP contribution in [0.1, 0.15) is 46.5 Å². The number of nitrogens with zero attached hydrogens (tertiary/aromatic N) is 5. The quantitative estimate of drug-likeness (QED) is 0.507. The fourth-order valence-corrected chi connectivity index (χ4v) is 4.50. The maximum atomic E-state index is 6.52. The van der Waals surface area contributed by atoms with Gasteiger partial charge in [0.05, 0.1) is 43.5 Å². The normalized spacial score (nSPS) is 20.7. The first-order chi connectivity index (χ1) is 17.1. The highest BCUT2D eigenvalue weighted by molar-refractivity contribution is 5.80. The van der Waals surface area contributed by atoms with E-state index in [1.807, 2.05) is 20.8 Å². The highest BCUT2D eigenvalue weighted by Crippen LogP contribution is 2.43. The number of hydrogen-bond donors (Lipinski definition) is 1. The second kappa shape index (κ2) is 12.0. The van der Waals surface area contributed by atoms with Crippen LogP contribution < -0.4 is 19.7 Å². The molecule has 0 atom stereocenters. The second-order valence-electron chi connectivity index (χ2n) is 9.10. The summed E-state index contributed by atoms with van der Waals surface area (Å²) >= 11 is 0. The van der Waals surface area contributed by atoms with Crippen LogP contribution in [0, 0.1) is 0 Å². The Bertz CT molecular complexity index is 1010. The molecule has 1 saturated heterocycles. The number of rotatable bonds is 9. The molecular formula is C26H36N6O3. The Hall–Kier alpha value is -3.20. The number of aliphatic imine (C=N–C) groups is 2. The van der Waals surface area contributed by atoms with Crippen LogP contribution in [0.25, 0.3) is 0 Å². The van der Waals surface area contributed by atoms with E-state index in [0.29, 0.717) is 17.6 Å². The van der Waals surface area contributed by atoms with Crippen molar-refractivity contribution in [3.05, 3.63) is 24.5 Å². The van der Waals surface area contributed by atoms with Crippen LogP contribution >= 0.6 is 0 Å². The third-order valence-corrected chi connectivity index (χ3v) is 6.13. The molecule has 1 N–H and O–H groups in total. The Labute approximate surface area is 207 Å². The van der Waals surface area contributed by atoms with E-state index in [9.17, 15) is 0 Å². The Balaban J connectivity index is 1.41. The summed E-state index contributed by atoms with van der Waals surface area (Å²) in [4.78, 5) is 19.9. The zero-order valence-electron chi connectivity index (χ0n) is 20.9. The van der Waals surface area contributed by atoms with Gasteiger partial charge in [-0.05, 0) is 59.2 Å². The SMILES string of the molecule is C=Nc1c(/N=C\C)cc(N2CCOCC2)cc1O[C@H]1CC[C@@H](Nc2cncc(OC(C)C)n2)CC1. The van der Waals surface area contributed by atoms with Gasteiger partial charge in [-0.25, -0.2) is 0 Å². The van der Waals surface area contributed by atoms with Crippen LogP contribution in [0.5, 0.6) is 11.6 Å². The highest BCUT2D eigenvalue weighted by Gasteiger charge is 2.25. The molecule has 4 rings (SSSR count). The summed E-state index contributed by atoms with van der Waals surface area (Å²) in [6.07, 6.45) is 9.13. The molecule has 0 bridgehead atoms. The van der Waals surface area contributed by atoms with Crippen LogP contribution in [0.3, 0.4) is 0 Å². The van der Waals surface area contributed by atoms with E-state index in [1.165, 1.54) is 0 Å². The molecule has 35 heavy (non-hydrogen) atoms. The van der Waals surface area contributed by atoms with Crippen LogP contribution in [0.2, 0.25) is 0 Å². The van der Waals surface area contributed by atoms with Crippen molar-refractivity contribution in [2.24, 2.45) is 9.98 Å². The standard InChI is InChI=1S/C26H36N6O3/c1-5-29-22-14-20(32-10-12-33-13-11-32)15-23(26(22)27-4)35-21-8-6-19(7-9-21)30-24-16-28-17-25(31-24)34-18(2)3/h5,14-19,21H,4,6-13H2,1-3H3,(H,30,31)/b29-5-/t19-,21+. The van der Waals surface area contributed by atoms with Gasteiger partial charge in [0.15, 0.2) is 0 Å². The van der Waals surface area contributed by atoms with Gasteiger partial charge >= 0.3 is 0 Å². The molecule has 188 valence electrons. The average Bonchev–Trinajstić information content (AvgIpc) is 2.86. The maximum Gasteiger partial charge on any atom is 0.234 e. The van der Waals surface area contributed by atoms with Gasteiger partial charge in [-0.3, -0.25) is 15.0 Å². The Morgan fingerprint density at radius 2 is 1.94 bits per heavy atom. The van der Waals surface area contributed by atoms with E-state index in [0.717, 1.165) is 74.9 Å². The molecule has 9 nitrogen and oxygen atoms in total. The smallest absolute Gasteiger partial charge is 0.234 e. The van der Waals surface area contributed by atoms with Gasteiger partial charge in [0.2, 0.25) is 5.88 Å². The summed E-state index contributed by atoms with van der Waals surface area (Å²) < 4.78 is 17.7. The molecule has 0 radical (unpaired) electrons. The minimum atomic E-state index is 0.0624. The lowest BCUT2D eigenvalue weighted by Crippen LogP contribution is -2.36. The fourth-order valence-electron chi connectivity index (χ4n) is 4.50. The van der Waals surface area contributed by atoms with Gasteiger partial charge in [0.25, 0.3) is 0 Å². The Kier molecular flexibility index (Phi) is 8.52. The molecule has 9 heteroatoms. The molecule has 0 unspecified atom stereocenters. The predicted molar refractivity (Wildman–Crippen MR) is 141 cm³/mol. The third kappa shape index (κ3) is 6.69. The lowest BCUT2D eigenvalue weighted by molar-refractivity contribution is 0.122. The molecule has 1 aliphatic heterocycles. The number of aromatic nitrogens is 2. The van der Waals surface area contributed by atoms with E-state index in [2.05, 4.69) is 49.0 Å². The van der Waals surface area contributed by atoms with Crippen molar-refractivity contribution in [1.29, 1.82) is 0 Å². The highest BCUT2D eigenvalue weighted by atomic mass is 16.5. The Morgan fingerprint density at radius 1 is 1.17 bits per heavy atom. The number of morpholine rings is 1. The summed E-state index contributed by atoms with van der Waals surface area (Å²) in [5.74, 6) is 2.02. The van der Waals surface area contributed by atoms with E-state index in [4.69, 9.17) is 14.2 Å². The maximum absolute atomic E-state index is 6.52. The molecule has 1 aromatic carbocycles. The van der Waals surface area contributed by atoms with Crippen molar-refractivity contribution in [2.75, 3.05) is 36.5 Å². The van der Waals surface area contributed by atoms with Gasteiger partial charge in [-0.2, -0.15) is 4.98 Å². The molecular weight excluding hydrogens is 444 g/mol. The van der Waals surface area contributed by atoms with Gasteiger partial charge in [0, 0.05) is 37.1 Å². The monoisotopic (exact) mass is 480 g/mol.